The van der Waals surface area contributed by atoms with Gasteiger partial charge >= 0.3 is 0 Å². The van der Waals surface area contributed by atoms with Crippen LogP contribution in [-0.4, -0.2) is 49.1 Å². The highest BCUT2D eigenvalue weighted by molar-refractivity contribution is 5.12. The molecule has 0 unspecified atom stereocenters. The van der Waals surface area contributed by atoms with Crippen LogP contribution >= 0.6 is 0 Å². The average molecular weight is 293 g/mol. The maximum Gasteiger partial charge on any atom is 0.118 e. The van der Waals surface area contributed by atoms with Crippen molar-refractivity contribution in [1.82, 2.24) is 15.1 Å². The molecule has 1 N–H and O–H groups in total. The molecular formula is C17H31N3O. The van der Waals surface area contributed by atoms with Crippen molar-refractivity contribution in [3.63, 3.8) is 0 Å². The predicted octanol–water partition coefficient (Wildman–Crippen LogP) is 2.70. The van der Waals surface area contributed by atoms with Crippen molar-refractivity contribution in [3.05, 3.63) is 23.7 Å². The molecule has 0 atom stereocenters. The van der Waals surface area contributed by atoms with Crippen molar-refractivity contribution in [1.29, 1.82) is 0 Å². The highest BCUT2D eigenvalue weighted by Crippen LogP contribution is 2.18. The van der Waals surface area contributed by atoms with Crippen molar-refractivity contribution >= 4 is 0 Å². The lowest BCUT2D eigenvalue weighted by Gasteiger charge is -2.35. The molecule has 2 rings (SSSR count). The largest absolute Gasteiger partial charge is 0.468 e. The highest BCUT2D eigenvalue weighted by atomic mass is 16.3. The Labute approximate surface area is 129 Å². The third-order valence-electron chi connectivity index (χ3n) is 4.50. The van der Waals surface area contributed by atoms with Gasteiger partial charge in [0.1, 0.15) is 5.76 Å². The Morgan fingerprint density at radius 2 is 2.10 bits per heavy atom. The number of piperidine rings is 1. The Bertz CT molecular complexity index is 396. The van der Waals surface area contributed by atoms with Gasteiger partial charge < -0.3 is 14.6 Å². The summed E-state index contributed by atoms with van der Waals surface area (Å²) in [4.78, 5) is 4.99. The van der Waals surface area contributed by atoms with E-state index in [0.29, 0.717) is 6.04 Å². The standard InChI is InChI=1S/C17H31N3O/c1-4-8-18-12-15-11-17(21-14-15)13-19(3)16-6-9-20(5-2)10-7-16/h11,14,16,18H,4-10,12-13H2,1-3H3. The van der Waals surface area contributed by atoms with E-state index in [1.54, 1.807) is 0 Å². The summed E-state index contributed by atoms with van der Waals surface area (Å²) in [6, 6.07) is 2.89. The summed E-state index contributed by atoms with van der Waals surface area (Å²) in [7, 11) is 2.23. The van der Waals surface area contributed by atoms with Gasteiger partial charge in [-0.2, -0.15) is 0 Å². The molecule has 21 heavy (non-hydrogen) atoms. The van der Waals surface area contributed by atoms with Gasteiger partial charge in [-0.1, -0.05) is 13.8 Å². The van der Waals surface area contributed by atoms with E-state index in [0.717, 1.165) is 25.4 Å². The third-order valence-corrected chi connectivity index (χ3v) is 4.50. The number of hydrogen-bond acceptors (Lipinski definition) is 4. The number of furan rings is 1. The van der Waals surface area contributed by atoms with Gasteiger partial charge in [-0.3, -0.25) is 4.90 Å². The molecule has 2 heterocycles. The summed E-state index contributed by atoms with van der Waals surface area (Å²) in [5, 5.41) is 3.41. The number of hydrogen-bond donors (Lipinski definition) is 1. The lowest BCUT2D eigenvalue weighted by Crippen LogP contribution is -2.42. The number of rotatable bonds is 8. The van der Waals surface area contributed by atoms with Crippen LogP contribution in [0.4, 0.5) is 0 Å². The highest BCUT2D eigenvalue weighted by Gasteiger charge is 2.22. The number of nitrogens with one attached hydrogen (secondary N) is 1. The molecular weight excluding hydrogens is 262 g/mol. The van der Waals surface area contributed by atoms with E-state index in [1.807, 2.05) is 6.26 Å². The fourth-order valence-electron chi connectivity index (χ4n) is 3.06. The smallest absolute Gasteiger partial charge is 0.118 e. The first-order chi connectivity index (χ1) is 10.2. The number of nitrogens with zero attached hydrogens (tertiary/aromatic N) is 2. The maximum atomic E-state index is 5.71. The normalized spacial score (nSPS) is 17.7. The van der Waals surface area contributed by atoms with Crippen molar-refractivity contribution in [2.45, 2.75) is 52.2 Å². The molecule has 0 aliphatic carbocycles. The molecule has 1 aliphatic heterocycles. The molecule has 1 aromatic rings. The predicted molar refractivity (Wildman–Crippen MR) is 87.3 cm³/mol. The summed E-state index contributed by atoms with van der Waals surface area (Å²) in [5.41, 5.74) is 1.26. The van der Waals surface area contributed by atoms with Gasteiger partial charge in [0.2, 0.25) is 0 Å². The zero-order valence-electron chi connectivity index (χ0n) is 13.9. The zero-order valence-corrected chi connectivity index (χ0v) is 13.9. The minimum Gasteiger partial charge on any atom is -0.468 e. The Hall–Kier alpha value is -0.840. The minimum atomic E-state index is 0.694. The molecule has 0 aromatic carbocycles. The Morgan fingerprint density at radius 3 is 2.76 bits per heavy atom. The summed E-state index contributed by atoms with van der Waals surface area (Å²) in [5.74, 6) is 1.09. The van der Waals surface area contributed by atoms with Crippen LogP contribution in [0.25, 0.3) is 0 Å². The molecule has 4 heteroatoms. The third kappa shape index (κ3) is 5.13. The molecule has 1 saturated heterocycles. The lowest BCUT2D eigenvalue weighted by molar-refractivity contribution is 0.121. The first-order valence-electron chi connectivity index (χ1n) is 8.42. The summed E-state index contributed by atoms with van der Waals surface area (Å²) >= 11 is 0. The molecule has 1 aromatic heterocycles. The summed E-state index contributed by atoms with van der Waals surface area (Å²) in [6.45, 7) is 11.0. The van der Waals surface area contributed by atoms with E-state index in [1.165, 1.54) is 44.5 Å². The average Bonchev–Trinajstić information content (AvgIpc) is 2.95. The monoisotopic (exact) mass is 293 g/mol. The molecule has 1 fully saturated rings. The second-order valence-electron chi connectivity index (χ2n) is 6.18. The lowest BCUT2D eigenvalue weighted by atomic mass is 10.0. The SMILES string of the molecule is CCCNCc1coc(CN(C)C2CCN(CC)CC2)c1. The van der Waals surface area contributed by atoms with Gasteiger partial charge in [-0.15, -0.1) is 0 Å². The quantitative estimate of drug-likeness (QED) is 0.747. The van der Waals surface area contributed by atoms with Gasteiger partial charge in [0, 0.05) is 18.2 Å². The van der Waals surface area contributed by atoms with Crippen LogP contribution in [0.15, 0.2) is 16.7 Å². The number of likely N-dealkylation sites (tertiary alicyclic amines) is 1. The first-order valence-corrected chi connectivity index (χ1v) is 8.42. The van der Waals surface area contributed by atoms with Gasteiger partial charge in [0.25, 0.3) is 0 Å². The fraction of sp³-hybridized carbons (Fsp3) is 0.765. The molecule has 0 bridgehead atoms. The van der Waals surface area contributed by atoms with Crippen molar-refractivity contribution in [2.24, 2.45) is 0 Å². The van der Waals surface area contributed by atoms with Crippen LogP contribution in [0.2, 0.25) is 0 Å². The van der Waals surface area contributed by atoms with E-state index >= 15 is 0 Å². The van der Waals surface area contributed by atoms with Crippen molar-refractivity contribution in [2.75, 3.05) is 33.2 Å². The molecule has 0 spiro atoms. The molecule has 0 saturated carbocycles. The van der Waals surface area contributed by atoms with E-state index < -0.39 is 0 Å². The van der Waals surface area contributed by atoms with E-state index in [9.17, 15) is 0 Å². The molecule has 1 aliphatic rings. The van der Waals surface area contributed by atoms with Crippen LogP contribution in [0.3, 0.4) is 0 Å². The van der Waals surface area contributed by atoms with Crippen LogP contribution in [-0.2, 0) is 13.1 Å². The van der Waals surface area contributed by atoms with Crippen molar-refractivity contribution < 1.29 is 4.42 Å². The van der Waals surface area contributed by atoms with E-state index in [2.05, 4.69) is 42.1 Å². The van der Waals surface area contributed by atoms with Crippen molar-refractivity contribution in [3.8, 4) is 0 Å². The van der Waals surface area contributed by atoms with E-state index in [4.69, 9.17) is 4.42 Å². The first kappa shape index (κ1) is 16.5. The van der Waals surface area contributed by atoms with Crippen LogP contribution in [0.1, 0.15) is 44.4 Å². The Morgan fingerprint density at radius 1 is 1.33 bits per heavy atom. The van der Waals surface area contributed by atoms with Gasteiger partial charge in [0.05, 0.1) is 12.8 Å². The summed E-state index contributed by atoms with van der Waals surface area (Å²) in [6.07, 6.45) is 5.61. The maximum absolute atomic E-state index is 5.71. The van der Waals surface area contributed by atoms with Crippen LogP contribution < -0.4 is 5.32 Å². The van der Waals surface area contributed by atoms with Crippen LogP contribution in [0.5, 0.6) is 0 Å². The van der Waals surface area contributed by atoms with Crippen LogP contribution in [0, 0.1) is 0 Å². The zero-order chi connectivity index (χ0) is 15.1. The molecule has 4 nitrogen and oxygen atoms in total. The van der Waals surface area contributed by atoms with E-state index in [-0.39, 0.29) is 0 Å². The molecule has 0 amide bonds. The molecule has 120 valence electrons. The second kappa shape index (κ2) is 8.57. The summed E-state index contributed by atoms with van der Waals surface area (Å²) < 4.78 is 5.71. The topological polar surface area (TPSA) is 31.7 Å². The molecule has 0 radical (unpaired) electrons. The Kier molecular flexibility index (Phi) is 6.74. The van der Waals surface area contributed by atoms with Gasteiger partial charge in [-0.05, 0) is 58.6 Å². The fourth-order valence-corrected chi connectivity index (χ4v) is 3.06. The minimum absolute atomic E-state index is 0.694. The Balaban J connectivity index is 1.76. The second-order valence-corrected chi connectivity index (χ2v) is 6.18. The van der Waals surface area contributed by atoms with Gasteiger partial charge in [-0.25, -0.2) is 0 Å². The van der Waals surface area contributed by atoms with Gasteiger partial charge in [0.15, 0.2) is 0 Å².